The summed E-state index contributed by atoms with van der Waals surface area (Å²) in [5.74, 6) is 2.55. The molecule has 0 saturated carbocycles. The van der Waals surface area contributed by atoms with E-state index in [1.54, 1.807) is 0 Å². The molecule has 3 aromatic carbocycles. The van der Waals surface area contributed by atoms with E-state index in [2.05, 4.69) is 19.2 Å². The average Bonchev–Trinajstić information content (AvgIpc) is 3.27. The zero-order valence-electron chi connectivity index (χ0n) is 17.9. The van der Waals surface area contributed by atoms with E-state index in [0.29, 0.717) is 6.61 Å². The van der Waals surface area contributed by atoms with Gasteiger partial charge in [-0.2, -0.15) is 0 Å². The highest BCUT2D eigenvalue weighted by atomic mass is 16.7. The Morgan fingerprint density at radius 2 is 1.66 bits per heavy atom. The maximum atomic E-state index is 6.12. The normalized spacial score (nSPS) is 21.7. The third-order valence-corrected chi connectivity index (χ3v) is 5.94. The van der Waals surface area contributed by atoms with Gasteiger partial charge in [0.2, 0.25) is 0 Å². The Kier molecular flexibility index (Phi) is 5.70. The van der Waals surface area contributed by atoms with Crippen LogP contribution in [0.2, 0.25) is 0 Å². The summed E-state index contributed by atoms with van der Waals surface area (Å²) >= 11 is 0. The van der Waals surface area contributed by atoms with Gasteiger partial charge >= 0.3 is 0 Å². The number of hydrogen-bond donors (Lipinski definition) is 0. The molecule has 3 unspecified atom stereocenters. The molecule has 2 aliphatic heterocycles. The standard InChI is InChI=1S/C28H26O4/c1-3-19-9-8-12-23(15-19)30-27-14-13-22(18-29-27)24-17-26-25(16-20(24)4-2)31-28(32-26)21-10-6-5-7-11-21/h3-12,15-17,22,27-28H,1-2,13-14,18H2. The van der Waals surface area contributed by atoms with Crippen molar-refractivity contribution in [3.63, 3.8) is 0 Å². The Morgan fingerprint density at radius 3 is 2.38 bits per heavy atom. The molecule has 162 valence electrons. The maximum Gasteiger partial charge on any atom is 0.267 e. The average molecular weight is 427 g/mol. The Balaban J connectivity index is 1.28. The van der Waals surface area contributed by atoms with Gasteiger partial charge in [-0.3, -0.25) is 0 Å². The molecule has 3 aromatic rings. The smallest absolute Gasteiger partial charge is 0.267 e. The van der Waals surface area contributed by atoms with Crippen LogP contribution in [-0.2, 0) is 4.74 Å². The second kappa shape index (κ2) is 8.93. The van der Waals surface area contributed by atoms with Gasteiger partial charge in [-0.05, 0) is 47.4 Å². The molecule has 32 heavy (non-hydrogen) atoms. The van der Waals surface area contributed by atoms with E-state index in [4.69, 9.17) is 18.9 Å². The van der Waals surface area contributed by atoms with Gasteiger partial charge < -0.3 is 18.9 Å². The minimum atomic E-state index is -0.425. The molecule has 0 aliphatic carbocycles. The molecule has 0 aromatic heterocycles. The van der Waals surface area contributed by atoms with Gasteiger partial charge in [-0.15, -0.1) is 0 Å². The second-order valence-corrected chi connectivity index (χ2v) is 8.04. The fraction of sp³-hybridized carbons (Fsp3) is 0.214. The van der Waals surface area contributed by atoms with Gasteiger partial charge in [0, 0.05) is 17.9 Å². The summed E-state index contributed by atoms with van der Waals surface area (Å²) in [6, 6.07) is 21.9. The first-order valence-electron chi connectivity index (χ1n) is 10.9. The van der Waals surface area contributed by atoms with Crippen molar-refractivity contribution < 1.29 is 18.9 Å². The van der Waals surface area contributed by atoms with Crippen molar-refractivity contribution in [3.8, 4) is 17.2 Å². The lowest BCUT2D eigenvalue weighted by atomic mass is 9.89. The molecular weight excluding hydrogens is 400 g/mol. The molecule has 3 atom stereocenters. The Labute approximate surface area is 188 Å². The number of benzene rings is 3. The van der Waals surface area contributed by atoms with Crippen molar-refractivity contribution in [2.24, 2.45) is 0 Å². The molecule has 0 radical (unpaired) electrons. The van der Waals surface area contributed by atoms with Gasteiger partial charge in [0.15, 0.2) is 17.8 Å². The first-order chi connectivity index (χ1) is 15.7. The van der Waals surface area contributed by atoms with E-state index in [9.17, 15) is 0 Å². The zero-order chi connectivity index (χ0) is 21.9. The third kappa shape index (κ3) is 4.14. The summed E-state index contributed by atoms with van der Waals surface area (Å²) in [6.07, 6.45) is 4.76. The second-order valence-electron chi connectivity index (χ2n) is 8.04. The molecule has 0 amide bonds. The topological polar surface area (TPSA) is 36.9 Å². The molecule has 1 saturated heterocycles. The van der Waals surface area contributed by atoms with Crippen LogP contribution in [0.4, 0.5) is 0 Å². The molecule has 4 heteroatoms. The molecule has 2 heterocycles. The van der Waals surface area contributed by atoms with E-state index >= 15 is 0 Å². The lowest BCUT2D eigenvalue weighted by Gasteiger charge is -2.30. The van der Waals surface area contributed by atoms with E-state index in [1.807, 2.05) is 72.8 Å². The quantitative estimate of drug-likeness (QED) is 0.437. The highest BCUT2D eigenvalue weighted by Crippen LogP contribution is 2.45. The van der Waals surface area contributed by atoms with Crippen LogP contribution in [0.3, 0.4) is 0 Å². The highest BCUT2D eigenvalue weighted by molar-refractivity contribution is 5.61. The van der Waals surface area contributed by atoms with Gasteiger partial charge in [0.1, 0.15) is 5.75 Å². The lowest BCUT2D eigenvalue weighted by Crippen LogP contribution is -2.29. The van der Waals surface area contributed by atoms with E-state index in [1.165, 1.54) is 5.56 Å². The van der Waals surface area contributed by atoms with Crippen LogP contribution in [0.25, 0.3) is 12.2 Å². The van der Waals surface area contributed by atoms with Gasteiger partial charge in [0.25, 0.3) is 6.29 Å². The summed E-state index contributed by atoms with van der Waals surface area (Å²) in [6.45, 7) is 8.40. The van der Waals surface area contributed by atoms with Crippen molar-refractivity contribution in [1.29, 1.82) is 0 Å². The monoisotopic (exact) mass is 426 g/mol. The van der Waals surface area contributed by atoms with Crippen LogP contribution in [0, 0.1) is 0 Å². The van der Waals surface area contributed by atoms with Crippen LogP contribution < -0.4 is 14.2 Å². The SMILES string of the molecule is C=Cc1cccc(OC2CCC(c3cc4c(cc3C=C)OC(c3ccccc3)O4)CO2)c1. The van der Waals surface area contributed by atoms with Crippen LogP contribution >= 0.6 is 0 Å². The van der Waals surface area contributed by atoms with Gasteiger partial charge in [-0.25, -0.2) is 0 Å². The molecule has 1 fully saturated rings. The van der Waals surface area contributed by atoms with E-state index in [0.717, 1.165) is 46.8 Å². The van der Waals surface area contributed by atoms with E-state index < -0.39 is 6.29 Å². The van der Waals surface area contributed by atoms with Crippen molar-refractivity contribution in [2.75, 3.05) is 6.61 Å². The van der Waals surface area contributed by atoms with Gasteiger partial charge in [-0.1, -0.05) is 67.8 Å². The Morgan fingerprint density at radius 1 is 0.844 bits per heavy atom. The predicted octanol–water partition coefficient (Wildman–Crippen LogP) is 6.74. The van der Waals surface area contributed by atoms with Crippen molar-refractivity contribution in [2.45, 2.75) is 31.3 Å². The fourth-order valence-electron chi connectivity index (χ4n) is 4.24. The molecule has 2 aliphatic rings. The highest BCUT2D eigenvalue weighted by Gasteiger charge is 2.30. The fourth-order valence-corrected chi connectivity index (χ4v) is 4.24. The first kappa shape index (κ1) is 20.4. The van der Waals surface area contributed by atoms with Crippen molar-refractivity contribution in [1.82, 2.24) is 0 Å². The van der Waals surface area contributed by atoms with Crippen molar-refractivity contribution >= 4 is 12.2 Å². The summed E-state index contributed by atoms with van der Waals surface area (Å²) in [5, 5.41) is 0. The van der Waals surface area contributed by atoms with Crippen LogP contribution in [0.1, 0.15) is 47.3 Å². The Bertz CT molecular complexity index is 1110. The van der Waals surface area contributed by atoms with Crippen LogP contribution in [0.5, 0.6) is 17.2 Å². The lowest BCUT2D eigenvalue weighted by molar-refractivity contribution is -0.112. The first-order valence-corrected chi connectivity index (χ1v) is 10.9. The number of fused-ring (bicyclic) bond motifs is 1. The van der Waals surface area contributed by atoms with Crippen LogP contribution in [0.15, 0.2) is 79.9 Å². The molecule has 0 N–H and O–H groups in total. The molecule has 0 bridgehead atoms. The molecule has 0 spiro atoms. The molecule has 4 nitrogen and oxygen atoms in total. The summed E-state index contributed by atoms with van der Waals surface area (Å²) in [4.78, 5) is 0. The number of hydrogen-bond acceptors (Lipinski definition) is 4. The van der Waals surface area contributed by atoms with E-state index in [-0.39, 0.29) is 12.2 Å². The molecular formula is C28H26O4. The maximum absolute atomic E-state index is 6.12. The molecule has 5 rings (SSSR count). The number of rotatable bonds is 6. The largest absolute Gasteiger partial charge is 0.465 e. The van der Waals surface area contributed by atoms with Crippen LogP contribution in [-0.4, -0.2) is 12.9 Å². The summed E-state index contributed by atoms with van der Waals surface area (Å²) in [7, 11) is 0. The van der Waals surface area contributed by atoms with Crippen molar-refractivity contribution in [3.05, 3.63) is 102 Å². The summed E-state index contributed by atoms with van der Waals surface area (Å²) < 4.78 is 24.3. The number of ether oxygens (including phenoxy) is 4. The summed E-state index contributed by atoms with van der Waals surface area (Å²) in [5.41, 5.74) is 4.24. The Hall–Kier alpha value is -3.50. The minimum Gasteiger partial charge on any atom is -0.465 e. The minimum absolute atomic E-state index is 0.243. The van der Waals surface area contributed by atoms with Gasteiger partial charge in [0.05, 0.1) is 6.61 Å². The zero-order valence-corrected chi connectivity index (χ0v) is 17.9. The third-order valence-electron chi connectivity index (χ3n) is 5.94. The predicted molar refractivity (Wildman–Crippen MR) is 126 cm³/mol.